The summed E-state index contributed by atoms with van der Waals surface area (Å²) in [5.41, 5.74) is -0.758. The Balaban J connectivity index is 3.04. The van der Waals surface area contributed by atoms with Crippen molar-refractivity contribution in [1.82, 2.24) is 0 Å². The van der Waals surface area contributed by atoms with E-state index >= 15 is 0 Å². The van der Waals surface area contributed by atoms with Crippen LogP contribution in [-0.4, -0.2) is 5.01 Å². The second-order valence-electron chi connectivity index (χ2n) is 2.65. The number of benzene rings is 1. The van der Waals surface area contributed by atoms with Crippen LogP contribution in [-0.2, 0) is 6.18 Å². The molecule has 0 radical (unpaired) electrons. The summed E-state index contributed by atoms with van der Waals surface area (Å²) >= 11 is 3.02. The van der Waals surface area contributed by atoms with Gasteiger partial charge in [0, 0.05) is 0 Å². The number of hydrogen-bond acceptors (Lipinski definition) is 1. The Morgan fingerprint density at radius 2 is 1.86 bits per heavy atom. The largest absolute Gasteiger partial charge is 0.479 e. The Kier molecular flexibility index (Phi) is 3.42. The first-order valence-corrected chi connectivity index (χ1v) is 4.80. The van der Waals surface area contributed by atoms with Crippen LogP contribution in [0.4, 0.5) is 13.2 Å². The summed E-state index contributed by atoms with van der Waals surface area (Å²) in [6, 6.07) is 5.11. The standard InChI is InChI=1S/C9H8BrF3O/c1-6(10)14-8-5-3-2-4-7(8)9(11,12)13/h2-6H,1H3. The Labute approximate surface area is 88.0 Å². The highest BCUT2D eigenvalue weighted by molar-refractivity contribution is 9.09. The van der Waals surface area contributed by atoms with Crippen molar-refractivity contribution >= 4 is 15.9 Å². The van der Waals surface area contributed by atoms with Crippen molar-refractivity contribution in [3.63, 3.8) is 0 Å². The average molecular weight is 269 g/mol. The zero-order chi connectivity index (χ0) is 10.8. The van der Waals surface area contributed by atoms with Crippen LogP contribution in [0.25, 0.3) is 0 Å². The van der Waals surface area contributed by atoms with Gasteiger partial charge in [-0.05, 0) is 35.0 Å². The molecular formula is C9H8BrF3O. The molecule has 1 nitrogen and oxygen atoms in total. The molecule has 0 saturated carbocycles. The lowest BCUT2D eigenvalue weighted by atomic mass is 10.2. The predicted octanol–water partition coefficient (Wildman–Crippen LogP) is 3.83. The molecule has 14 heavy (non-hydrogen) atoms. The van der Waals surface area contributed by atoms with Crippen molar-refractivity contribution in [2.75, 3.05) is 0 Å². The van der Waals surface area contributed by atoms with Crippen LogP contribution in [0.5, 0.6) is 5.75 Å². The van der Waals surface area contributed by atoms with E-state index in [9.17, 15) is 13.2 Å². The SMILES string of the molecule is CC(Br)Oc1ccccc1C(F)(F)F. The quantitative estimate of drug-likeness (QED) is 0.741. The lowest BCUT2D eigenvalue weighted by Gasteiger charge is -2.14. The average Bonchev–Trinajstić information content (AvgIpc) is 2.01. The van der Waals surface area contributed by atoms with E-state index < -0.39 is 16.8 Å². The molecular weight excluding hydrogens is 261 g/mol. The predicted molar refractivity (Wildman–Crippen MR) is 50.5 cm³/mol. The maximum Gasteiger partial charge on any atom is 0.419 e. The van der Waals surface area contributed by atoms with Gasteiger partial charge in [-0.2, -0.15) is 13.2 Å². The van der Waals surface area contributed by atoms with Crippen LogP contribution in [0, 0.1) is 0 Å². The molecule has 1 rings (SSSR count). The van der Waals surface area contributed by atoms with Crippen molar-refractivity contribution in [2.45, 2.75) is 18.1 Å². The molecule has 1 aromatic carbocycles. The van der Waals surface area contributed by atoms with Gasteiger partial charge in [0.15, 0.2) is 5.01 Å². The van der Waals surface area contributed by atoms with Crippen molar-refractivity contribution in [3.05, 3.63) is 29.8 Å². The highest BCUT2D eigenvalue weighted by atomic mass is 79.9. The highest BCUT2D eigenvalue weighted by Crippen LogP contribution is 2.36. The summed E-state index contributed by atoms with van der Waals surface area (Å²) < 4.78 is 42.2. The molecule has 0 amide bonds. The summed E-state index contributed by atoms with van der Waals surface area (Å²) in [5.74, 6) is -0.163. The first kappa shape index (κ1) is 11.4. The van der Waals surface area contributed by atoms with Gasteiger partial charge in [0.25, 0.3) is 0 Å². The fraction of sp³-hybridized carbons (Fsp3) is 0.333. The number of rotatable bonds is 2. The summed E-state index contributed by atoms with van der Waals surface area (Å²) in [6.45, 7) is 1.60. The molecule has 1 unspecified atom stereocenters. The third-order valence-corrected chi connectivity index (χ3v) is 1.67. The summed E-state index contributed by atoms with van der Waals surface area (Å²) in [5, 5.41) is -0.453. The number of halogens is 4. The molecule has 1 aromatic rings. The van der Waals surface area contributed by atoms with E-state index in [-0.39, 0.29) is 5.75 Å². The number of alkyl halides is 4. The van der Waals surface area contributed by atoms with Crippen LogP contribution in [0.15, 0.2) is 24.3 Å². The van der Waals surface area contributed by atoms with Gasteiger partial charge >= 0.3 is 6.18 Å². The maximum atomic E-state index is 12.4. The molecule has 1 atom stereocenters. The first-order valence-electron chi connectivity index (χ1n) is 3.88. The molecule has 0 heterocycles. The molecule has 0 N–H and O–H groups in total. The van der Waals surface area contributed by atoms with Gasteiger partial charge in [-0.1, -0.05) is 12.1 Å². The van der Waals surface area contributed by atoms with Crippen molar-refractivity contribution in [1.29, 1.82) is 0 Å². The van der Waals surface area contributed by atoms with Crippen LogP contribution in [0.2, 0.25) is 0 Å². The van der Waals surface area contributed by atoms with Crippen LogP contribution in [0.1, 0.15) is 12.5 Å². The van der Waals surface area contributed by atoms with Gasteiger partial charge in [-0.25, -0.2) is 0 Å². The van der Waals surface area contributed by atoms with Crippen LogP contribution >= 0.6 is 15.9 Å². The minimum atomic E-state index is -4.38. The number of ether oxygens (including phenoxy) is 1. The van der Waals surface area contributed by atoms with E-state index in [0.717, 1.165) is 6.07 Å². The molecule has 0 aromatic heterocycles. The second kappa shape index (κ2) is 4.21. The molecule has 0 aliphatic carbocycles. The van der Waals surface area contributed by atoms with Crippen LogP contribution < -0.4 is 4.74 Å². The van der Waals surface area contributed by atoms with Gasteiger partial charge in [0.1, 0.15) is 5.75 Å². The summed E-state index contributed by atoms with van der Waals surface area (Å²) in [4.78, 5) is 0. The third-order valence-electron chi connectivity index (χ3n) is 1.48. The minimum Gasteiger partial charge on any atom is -0.479 e. The smallest absolute Gasteiger partial charge is 0.419 e. The van der Waals surface area contributed by atoms with Crippen molar-refractivity contribution in [2.24, 2.45) is 0 Å². The van der Waals surface area contributed by atoms with E-state index in [2.05, 4.69) is 15.9 Å². The first-order chi connectivity index (χ1) is 6.41. The summed E-state index contributed by atoms with van der Waals surface area (Å²) in [6.07, 6.45) is -4.38. The van der Waals surface area contributed by atoms with E-state index in [1.54, 1.807) is 6.92 Å². The number of hydrogen-bond donors (Lipinski definition) is 0. The van der Waals surface area contributed by atoms with E-state index in [0.29, 0.717) is 0 Å². The Hall–Kier alpha value is -0.710. The normalized spacial score (nSPS) is 13.8. The molecule has 0 bridgehead atoms. The fourth-order valence-corrected chi connectivity index (χ4v) is 1.18. The van der Waals surface area contributed by atoms with Gasteiger partial charge in [0.05, 0.1) is 5.56 Å². The summed E-state index contributed by atoms with van der Waals surface area (Å²) in [7, 11) is 0. The lowest BCUT2D eigenvalue weighted by molar-refractivity contribution is -0.139. The minimum absolute atomic E-state index is 0.163. The molecule has 5 heteroatoms. The molecule has 0 fully saturated rings. The van der Waals surface area contributed by atoms with Crippen molar-refractivity contribution < 1.29 is 17.9 Å². The van der Waals surface area contributed by atoms with E-state index in [1.165, 1.54) is 18.2 Å². The highest BCUT2D eigenvalue weighted by Gasteiger charge is 2.34. The van der Waals surface area contributed by atoms with Gasteiger partial charge in [-0.15, -0.1) is 0 Å². The zero-order valence-electron chi connectivity index (χ0n) is 7.31. The third kappa shape index (κ3) is 2.90. The van der Waals surface area contributed by atoms with E-state index in [1.807, 2.05) is 0 Å². The molecule has 78 valence electrons. The molecule has 0 aliphatic heterocycles. The molecule has 0 aliphatic rings. The van der Waals surface area contributed by atoms with Crippen LogP contribution in [0.3, 0.4) is 0 Å². The molecule has 0 spiro atoms. The Bertz CT molecular complexity index is 309. The molecule has 0 saturated heterocycles. The second-order valence-corrected chi connectivity index (χ2v) is 3.94. The lowest BCUT2D eigenvalue weighted by Crippen LogP contribution is -2.10. The van der Waals surface area contributed by atoms with E-state index in [4.69, 9.17) is 4.74 Å². The van der Waals surface area contributed by atoms with Gasteiger partial charge < -0.3 is 4.74 Å². The van der Waals surface area contributed by atoms with Gasteiger partial charge in [-0.3, -0.25) is 0 Å². The Morgan fingerprint density at radius 3 is 2.36 bits per heavy atom. The monoisotopic (exact) mass is 268 g/mol. The zero-order valence-corrected chi connectivity index (χ0v) is 8.89. The fourth-order valence-electron chi connectivity index (χ4n) is 0.979. The topological polar surface area (TPSA) is 9.23 Å². The number of para-hydroxylation sites is 1. The maximum absolute atomic E-state index is 12.4. The van der Waals surface area contributed by atoms with Gasteiger partial charge in [0.2, 0.25) is 0 Å². The van der Waals surface area contributed by atoms with Crippen molar-refractivity contribution in [3.8, 4) is 5.75 Å². The Morgan fingerprint density at radius 1 is 1.29 bits per heavy atom.